The lowest BCUT2D eigenvalue weighted by Gasteiger charge is -2.09. The fourth-order valence-corrected chi connectivity index (χ4v) is 1.67. The Hall–Kier alpha value is -2.03. The highest BCUT2D eigenvalue weighted by atomic mass is 16.5. The molecule has 0 saturated carbocycles. The van der Waals surface area contributed by atoms with Crippen LogP contribution in [0.4, 0.5) is 5.69 Å². The van der Waals surface area contributed by atoms with Crippen LogP contribution in [0.5, 0.6) is 5.75 Å². The zero-order chi connectivity index (χ0) is 12.6. The Morgan fingerprint density at radius 3 is 2.78 bits per heavy atom. The molecule has 0 radical (unpaired) electrons. The van der Waals surface area contributed by atoms with E-state index >= 15 is 0 Å². The third-order valence-electron chi connectivity index (χ3n) is 2.67. The van der Waals surface area contributed by atoms with Gasteiger partial charge in [-0.1, -0.05) is 18.2 Å². The second kappa shape index (κ2) is 6.64. The Balaban J connectivity index is 1.66. The predicted molar refractivity (Wildman–Crippen MR) is 74.0 cm³/mol. The molecule has 1 aromatic carbocycles. The topological polar surface area (TPSA) is 34.2 Å². The van der Waals surface area contributed by atoms with Gasteiger partial charge in [0.15, 0.2) is 0 Å². The molecular weight excluding hydrogens is 224 g/mol. The molecule has 1 aromatic heterocycles. The lowest BCUT2D eigenvalue weighted by atomic mass is 10.2. The number of rotatable bonds is 6. The fourth-order valence-electron chi connectivity index (χ4n) is 1.67. The first-order valence-electron chi connectivity index (χ1n) is 6.18. The van der Waals surface area contributed by atoms with E-state index in [-0.39, 0.29) is 0 Å². The van der Waals surface area contributed by atoms with Crippen molar-refractivity contribution in [2.45, 2.75) is 13.3 Å². The number of anilines is 1. The maximum atomic E-state index is 5.62. The van der Waals surface area contributed by atoms with E-state index < -0.39 is 0 Å². The number of aromatic nitrogens is 1. The Morgan fingerprint density at radius 1 is 1.17 bits per heavy atom. The van der Waals surface area contributed by atoms with Gasteiger partial charge in [-0.05, 0) is 37.1 Å². The average Bonchev–Trinajstić information content (AvgIpc) is 2.42. The van der Waals surface area contributed by atoms with E-state index in [0.717, 1.165) is 31.0 Å². The van der Waals surface area contributed by atoms with Crippen LogP contribution < -0.4 is 10.1 Å². The zero-order valence-corrected chi connectivity index (χ0v) is 10.6. The van der Waals surface area contributed by atoms with Crippen molar-refractivity contribution < 1.29 is 4.74 Å². The van der Waals surface area contributed by atoms with E-state index in [1.165, 1.54) is 5.56 Å². The van der Waals surface area contributed by atoms with Crippen LogP contribution in [0, 0.1) is 6.92 Å². The Kier molecular flexibility index (Phi) is 4.59. The number of hydrogen-bond acceptors (Lipinski definition) is 3. The third-order valence-corrected chi connectivity index (χ3v) is 2.67. The molecule has 2 aromatic rings. The van der Waals surface area contributed by atoms with Crippen LogP contribution >= 0.6 is 0 Å². The minimum Gasteiger partial charge on any atom is -0.494 e. The van der Waals surface area contributed by atoms with Gasteiger partial charge in [0.25, 0.3) is 0 Å². The fraction of sp³-hybridized carbons (Fsp3) is 0.267. The van der Waals surface area contributed by atoms with E-state index in [4.69, 9.17) is 4.74 Å². The summed E-state index contributed by atoms with van der Waals surface area (Å²) >= 11 is 0. The number of aryl methyl sites for hydroxylation is 1. The maximum Gasteiger partial charge on any atom is 0.119 e. The molecule has 1 heterocycles. The van der Waals surface area contributed by atoms with Crippen LogP contribution in [0.25, 0.3) is 0 Å². The first-order chi connectivity index (χ1) is 8.86. The van der Waals surface area contributed by atoms with E-state index in [9.17, 15) is 0 Å². The highest BCUT2D eigenvalue weighted by molar-refractivity contribution is 5.48. The van der Waals surface area contributed by atoms with Gasteiger partial charge in [-0.2, -0.15) is 0 Å². The Bertz CT molecular complexity index is 471. The van der Waals surface area contributed by atoms with Gasteiger partial charge in [-0.3, -0.25) is 4.98 Å². The maximum absolute atomic E-state index is 5.62. The number of para-hydroxylation sites is 1. The summed E-state index contributed by atoms with van der Waals surface area (Å²) < 4.78 is 5.62. The van der Waals surface area contributed by atoms with Gasteiger partial charge >= 0.3 is 0 Å². The molecule has 0 unspecified atom stereocenters. The van der Waals surface area contributed by atoms with Gasteiger partial charge in [-0.15, -0.1) is 0 Å². The summed E-state index contributed by atoms with van der Waals surface area (Å²) in [6.07, 6.45) is 4.63. The highest BCUT2D eigenvalue weighted by Gasteiger charge is 1.96. The molecular formula is C15H18N2O. The molecule has 0 aliphatic rings. The van der Waals surface area contributed by atoms with Crippen LogP contribution in [-0.4, -0.2) is 18.1 Å². The van der Waals surface area contributed by atoms with Crippen molar-refractivity contribution in [3.8, 4) is 5.75 Å². The van der Waals surface area contributed by atoms with Crippen LogP contribution in [0.1, 0.15) is 12.0 Å². The van der Waals surface area contributed by atoms with Crippen LogP contribution in [0.2, 0.25) is 0 Å². The lowest BCUT2D eigenvalue weighted by Crippen LogP contribution is -2.08. The predicted octanol–water partition coefficient (Wildman–Crippen LogP) is 3.27. The summed E-state index contributed by atoms with van der Waals surface area (Å²) in [7, 11) is 0. The van der Waals surface area contributed by atoms with Gasteiger partial charge in [-0.25, -0.2) is 0 Å². The molecule has 0 atom stereocenters. The largest absolute Gasteiger partial charge is 0.494 e. The van der Waals surface area contributed by atoms with Crippen molar-refractivity contribution >= 4 is 5.69 Å². The van der Waals surface area contributed by atoms with Crippen molar-refractivity contribution in [2.75, 3.05) is 18.5 Å². The average molecular weight is 242 g/mol. The smallest absolute Gasteiger partial charge is 0.119 e. The molecule has 1 N–H and O–H groups in total. The first kappa shape index (κ1) is 12.4. The molecule has 0 amide bonds. The molecule has 3 heteroatoms. The summed E-state index contributed by atoms with van der Waals surface area (Å²) in [4.78, 5) is 4.06. The van der Waals surface area contributed by atoms with Crippen LogP contribution in [0.15, 0.2) is 48.8 Å². The van der Waals surface area contributed by atoms with E-state index in [1.54, 1.807) is 6.20 Å². The molecule has 0 fully saturated rings. The summed E-state index contributed by atoms with van der Waals surface area (Å²) in [5.74, 6) is 0.928. The number of nitrogens with zero attached hydrogens (tertiary/aromatic N) is 1. The van der Waals surface area contributed by atoms with Gasteiger partial charge in [0, 0.05) is 24.6 Å². The monoisotopic (exact) mass is 242 g/mol. The van der Waals surface area contributed by atoms with Gasteiger partial charge < -0.3 is 10.1 Å². The normalized spacial score (nSPS) is 10.1. The highest BCUT2D eigenvalue weighted by Crippen LogP contribution is 2.11. The van der Waals surface area contributed by atoms with Crippen molar-refractivity contribution in [1.29, 1.82) is 0 Å². The van der Waals surface area contributed by atoms with Gasteiger partial charge in [0.1, 0.15) is 5.75 Å². The quantitative estimate of drug-likeness (QED) is 0.789. The number of hydrogen-bond donors (Lipinski definition) is 1. The Labute approximate surface area is 108 Å². The number of ether oxygens (including phenoxy) is 1. The molecule has 3 nitrogen and oxygen atoms in total. The lowest BCUT2D eigenvalue weighted by molar-refractivity contribution is 0.315. The van der Waals surface area contributed by atoms with Crippen LogP contribution in [-0.2, 0) is 0 Å². The molecule has 0 spiro atoms. The van der Waals surface area contributed by atoms with Gasteiger partial charge in [0.05, 0.1) is 6.61 Å². The minimum absolute atomic E-state index is 0.723. The third kappa shape index (κ3) is 3.77. The second-order valence-electron chi connectivity index (χ2n) is 4.13. The van der Waals surface area contributed by atoms with Crippen molar-refractivity contribution in [3.63, 3.8) is 0 Å². The summed E-state index contributed by atoms with van der Waals surface area (Å²) in [6, 6.07) is 11.9. The standard InChI is InChI=1S/C15H18N2O/c1-13-12-16-10-8-15(13)17-9-5-11-18-14-6-3-2-4-7-14/h2-4,6-8,10,12H,5,9,11H2,1H3,(H,16,17). The van der Waals surface area contributed by atoms with Crippen molar-refractivity contribution in [1.82, 2.24) is 4.98 Å². The molecule has 0 aliphatic heterocycles. The SMILES string of the molecule is Cc1cnccc1NCCCOc1ccccc1. The molecule has 0 saturated heterocycles. The number of nitrogens with one attached hydrogen (secondary N) is 1. The molecule has 0 bridgehead atoms. The second-order valence-corrected chi connectivity index (χ2v) is 4.13. The number of benzene rings is 1. The summed E-state index contributed by atoms with van der Waals surface area (Å²) in [5.41, 5.74) is 2.31. The van der Waals surface area contributed by atoms with E-state index in [2.05, 4.69) is 17.2 Å². The first-order valence-corrected chi connectivity index (χ1v) is 6.18. The van der Waals surface area contributed by atoms with E-state index in [0.29, 0.717) is 0 Å². The number of pyridine rings is 1. The summed E-state index contributed by atoms with van der Waals surface area (Å²) in [6.45, 7) is 3.68. The zero-order valence-electron chi connectivity index (χ0n) is 10.6. The van der Waals surface area contributed by atoms with Crippen LogP contribution in [0.3, 0.4) is 0 Å². The van der Waals surface area contributed by atoms with E-state index in [1.807, 2.05) is 42.6 Å². The Morgan fingerprint density at radius 2 is 2.00 bits per heavy atom. The summed E-state index contributed by atoms with van der Waals surface area (Å²) in [5, 5.41) is 3.38. The minimum atomic E-state index is 0.723. The molecule has 2 rings (SSSR count). The van der Waals surface area contributed by atoms with Crippen molar-refractivity contribution in [3.05, 3.63) is 54.4 Å². The molecule has 18 heavy (non-hydrogen) atoms. The molecule has 94 valence electrons. The van der Waals surface area contributed by atoms with Crippen molar-refractivity contribution in [2.24, 2.45) is 0 Å². The van der Waals surface area contributed by atoms with Gasteiger partial charge in [0.2, 0.25) is 0 Å². The molecule has 0 aliphatic carbocycles.